The second-order valence-electron chi connectivity index (χ2n) is 5.61. The first-order valence-corrected chi connectivity index (χ1v) is 7.69. The number of rotatable bonds is 3. The average Bonchev–Trinajstić information content (AvgIpc) is 2.56. The summed E-state index contributed by atoms with van der Waals surface area (Å²) in [5.41, 5.74) is 1.00. The van der Waals surface area contributed by atoms with Crippen LogP contribution in [0.5, 0.6) is 0 Å². The molecule has 0 atom stereocenters. The van der Waals surface area contributed by atoms with Gasteiger partial charge in [-0.3, -0.25) is 10.1 Å². The van der Waals surface area contributed by atoms with E-state index in [0.29, 0.717) is 11.3 Å². The van der Waals surface area contributed by atoms with Gasteiger partial charge in [0.05, 0.1) is 13.8 Å². The standard InChI is InChI=1S/C19H18N2O4/c1-13(22)16-8-7-9-17(12-16)20-19(25)21(14(2)23,15(3)24)18-10-5-4-6-11-18/h4-12H,1-3H3/p+1. The molecule has 6 nitrogen and oxygen atoms in total. The Morgan fingerprint density at radius 3 is 1.92 bits per heavy atom. The van der Waals surface area contributed by atoms with Crippen LogP contribution in [0.15, 0.2) is 54.6 Å². The summed E-state index contributed by atoms with van der Waals surface area (Å²) in [7, 11) is 0. The molecule has 0 aromatic heterocycles. The van der Waals surface area contributed by atoms with Crippen molar-refractivity contribution in [3.63, 3.8) is 0 Å². The van der Waals surface area contributed by atoms with Gasteiger partial charge in [-0.1, -0.05) is 34.8 Å². The van der Waals surface area contributed by atoms with E-state index in [1.54, 1.807) is 48.5 Å². The number of imide groups is 3. The first-order valence-electron chi connectivity index (χ1n) is 7.69. The van der Waals surface area contributed by atoms with E-state index in [2.05, 4.69) is 5.32 Å². The van der Waals surface area contributed by atoms with Crippen molar-refractivity contribution in [3.8, 4) is 0 Å². The third kappa shape index (κ3) is 3.39. The number of nitrogens with one attached hydrogen (secondary N) is 1. The highest BCUT2D eigenvalue weighted by molar-refractivity contribution is 6.26. The fraction of sp³-hybridized carbons (Fsp3) is 0.158. The van der Waals surface area contributed by atoms with Crippen LogP contribution in [-0.2, 0) is 9.59 Å². The zero-order valence-electron chi connectivity index (χ0n) is 14.3. The van der Waals surface area contributed by atoms with Gasteiger partial charge in [-0.15, -0.1) is 0 Å². The number of urea groups is 1. The maximum atomic E-state index is 12.9. The van der Waals surface area contributed by atoms with Crippen molar-refractivity contribution in [3.05, 3.63) is 60.2 Å². The third-order valence-corrected chi connectivity index (χ3v) is 3.91. The summed E-state index contributed by atoms with van der Waals surface area (Å²) < 4.78 is -1.09. The third-order valence-electron chi connectivity index (χ3n) is 3.91. The molecule has 4 amide bonds. The number of amides is 4. The highest BCUT2D eigenvalue weighted by atomic mass is 16.2. The van der Waals surface area contributed by atoms with Crippen molar-refractivity contribution in [1.82, 2.24) is 4.48 Å². The first kappa shape index (κ1) is 18.2. The SMILES string of the molecule is CC(=O)c1cccc(NC(=O)[N+](C(C)=O)(C(C)=O)c2ccccc2)c1. The van der Waals surface area contributed by atoms with Gasteiger partial charge in [0.1, 0.15) is 0 Å². The molecule has 0 aliphatic rings. The number of quaternary nitrogens is 1. The number of para-hydroxylation sites is 1. The molecule has 0 aliphatic carbocycles. The van der Waals surface area contributed by atoms with Crippen molar-refractivity contribution in [2.45, 2.75) is 20.8 Å². The molecule has 0 heterocycles. The van der Waals surface area contributed by atoms with Gasteiger partial charge >= 0.3 is 17.8 Å². The van der Waals surface area contributed by atoms with E-state index in [4.69, 9.17) is 0 Å². The molecule has 0 fully saturated rings. The van der Waals surface area contributed by atoms with Crippen molar-refractivity contribution >= 4 is 35.0 Å². The number of hydrogen-bond donors (Lipinski definition) is 1. The zero-order valence-corrected chi connectivity index (χ0v) is 14.3. The minimum Gasteiger partial charge on any atom is -0.295 e. The molecule has 0 bridgehead atoms. The molecule has 6 heteroatoms. The van der Waals surface area contributed by atoms with E-state index in [1.807, 2.05) is 0 Å². The second kappa shape index (κ2) is 7.19. The number of Topliss-reactive ketones (excluding diaryl/α,β-unsaturated/α-hetero) is 1. The van der Waals surface area contributed by atoms with E-state index < -0.39 is 22.3 Å². The van der Waals surface area contributed by atoms with E-state index in [0.717, 1.165) is 0 Å². The van der Waals surface area contributed by atoms with Crippen molar-refractivity contribution in [2.75, 3.05) is 5.32 Å². The molecule has 25 heavy (non-hydrogen) atoms. The summed E-state index contributed by atoms with van der Waals surface area (Å²) in [6, 6.07) is 13.7. The minimum atomic E-state index is -1.09. The molecule has 0 saturated heterocycles. The van der Waals surface area contributed by atoms with E-state index in [1.165, 1.54) is 26.8 Å². The molecule has 0 aliphatic heterocycles. The molecule has 0 saturated carbocycles. The van der Waals surface area contributed by atoms with Crippen molar-refractivity contribution in [2.24, 2.45) is 0 Å². The van der Waals surface area contributed by atoms with Gasteiger partial charge in [0, 0.05) is 23.4 Å². The smallest absolute Gasteiger partial charge is 0.295 e. The van der Waals surface area contributed by atoms with E-state index in [9.17, 15) is 19.2 Å². The largest absolute Gasteiger partial charge is 0.441 e. The number of carbonyl (C=O) groups is 4. The number of hydrogen-bond acceptors (Lipinski definition) is 4. The van der Waals surface area contributed by atoms with E-state index >= 15 is 0 Å². The molecule has 0 radical (unpaired) electrons. The second-order valence-corrected chi connectivity index (χ2v) is 5.61. The van der Waals surface area contributed by atoms with Crippen LogP contribution in [0.3, 0.4) is 0 Å². The monoisotopic (exact) mass is 339 g/mol. The van der Waals surface area contributed by atoms with Crippen LogP contribution in [0.4, 0.5) is 16.2 Å². The highest BCUT2D eigenvalue weighted by Crippen LogP contribution is 2.26. The molecule has 2 rings (SSSR count). The van der Waals surface area contributed by atoms with Gasteiger partial charge in [0.15, 0.2) is 11.5 Å². The first-order chi connectivity index (χ1) is 11.8. The van der Waals surface area contributed by atoms with Crippen LogP contribution in [0.25, 0.3) is 0 Å². The topological polar surface area (TPSA) is 80.3 Å². The van der Waals surface area contributed by atoms with Crippen LogP contribution in [0.2, 0.25) is 0 Å². The highest BCUT2D eigenvalue weighted by Gasteiger charge is 2.50. The lowest BCUT2D eigenvalue weighted by Crippen LogP contribution is -2.62. The van der Waals surface area contributed by atoms with Crippen LogP contribution < -0.4 is 9.80 Å². The maximum Gasteiger partial charge on any atom is 0.441 e. The zero-order chi connectivity index (χ0) is 18.6. The number of nitrogens with zero attached hydrogens (tertiary/aromatic N) is 1. The fourth-order valence-corrected chi connectivity index (χ4v) is 2.66. The van der Waals surface area contributed by atoms with Gasteiger partial charge < -0.3 is 0 Å². The Hall–Kier alpha value is -3.12. The Kier molecular flexibility index (Phi) is 5.24. The number of ketones is 1. The summed E-state index contributed by atoms with van der Waals surface area (Å²) in [5, 5.41) is 2.58. The predicted molar refractivity (Wildman–Crippen MR) is 95.1 cm³/mol. The van der Waals surface area contributed by atoms with Crippen LogP contribution in [0, 0.1) is 0 Å². The minimum absolute atomic E-state index is 0.155. The van der Waals surface area contributed by atoms with Gasteiger partial charge in [-0.05, 0) is 19.1 Å². The van der Waals surface area contributed by atoms with Crippen LogP contribution in [-0.4, -0.2) is 23.6 Å². The Morgan fingerprint density at radius 2 is 1.40 bits per heavy atom. The molecule has 2 aromatic carbocycles. The maximum absolute atomic E-state index is 12.9. The van der Waals surface area contributed by atoms with Crippen molar-refractivity contribution < 1.29 is 19.2 Å². The van der Waals surface area contributed by atoms with Crippen LogP contribution in [0.1, 0.15) is 31.1 Å². The van der Waals surface area contributed by atoms with Gasteiger partial charge in [-0.25, -0.2) is 14.4 Å². The summed E-state index contributed by atoms with van der Waals surface area (Å²) >= 11 is 0. The lowest BCUT2D eigenvalue weighted by atomic mass is 10.1. The van der Waals surface area contributed by atoms with Gasteiger partial charge in [0.2, 0.25) is 0 Å². The Balaban J connectivity index is 2.50. The quantitative estimate of drug-likeness (QED) is 0.685. The predicted octanol–water partition coefficient (Wildman–Crippen LogP) is 3.52. The summed E-state index contributed by atoms with van der Waals surface area (Å²) in [6.45, 7) is 3.80. The summed E-state index contributed by atoms with van der Waals surface area (Å²) in [6.07, 6.45) is 0. The molecule has 128 valence electrons. The van der Waals surface area contributed by atoms with Gasteiger partial charge in [-0.2, -0.15) is 0 Å². The Labute approximate surface area is 145 Å². The molecule has 2 aromatic rings. The Bertz CT molecular complexity index is 830. The normalized spacial score (nSPS) is 10.8. The van der Waals surface area contributed by atoms with Crippen LogP contribution >= 0.6 is 0 Å². The number of benzene rings is 2. The van der Waals surface area contributed by atoms with Crippen molar-refractivity contribution in [1.29, 1.82) is 0 Å². The molecule has 0 unspecified atom stereocenters. The number of anilines is 1. The Morgan fingerprint density at radius 1 is 0.800 bits per heavy atom. The average molecular weight is 339 g/mol. The lowest BCUT2D eigenvalue weighted by Gasteiger charge is -2.27. The molecule has 0 spiro atoms. The summed E-state index contributed by atoms with van der Waals surface area (Å²) in [5.74, 6) is -1.41. The van der Waals surface area contributed by atoms with E-state index in [-0.39, 0.29) is 11.5 Å². The molecule has 1 N–H and O–H groups in total. The molecular formula is C19H19N2O4+. The lowest BCUT2D eigenvalue weighted by molar-refractivity contribution is -0.137. The summed E-state index contributed by atoms with van der Waals surface area (Å²) in [4.78, 5) is 49.1. The van der Waals surface area contributed by atoms with Gasteiger partial charge in [0.25, 0.3) is 0 Å². The fourth-order valence-electron chi connectivity index (χ4n) is 2.66. The number of carbonyl (C=O) groups excluding carboxylic acids is 4. The molecular weight excluding hydrogens is 320 g/mol.